The third kappa shape index (κ3) is 16.7. The Morgan fingerprint density at radius 1 is 0.438 bits per heavy atom. The Morgan fingerprint density at radius 2 is 0.808 bits per heavy atom. The maximum absolute atomic E-state index is 15.8. The number of para-hydroxylation sites is 1. The van der Waals surface area contributed by atoms with Crippen LogP contribution in [0.15, 0.2) is 186 Å². The first-order chi connectivity index (χ1) is 62.4. The number of phenolic OH excluding ortho intramolecular Hbond substituents is 1. The highest BCUT2D eigenvalue weighted by Gasteiger charge is 2.42. The van der Waals surface area contributed by atoms with Gasteiger partial charge in [0.2, 0.25) is 17.7 Å². The minimum atomic E-state index is -0.584. The molecule has 2 N–H and O–H groups in total. The summed E-state index contributed by atoms with van der Waals surface area (Å²) in [7, 11) is 0. The molecule has 0 aliphatic carbocycles. The molecule has 0 saturated carbocycles. The molecule has 6 atom stereocenters. The molecule has 0 radical (unpaired) electrons. The number of hydrogen-bond donors (Lipinski definition) is 2. The first-order valence-electron chi connectivity index (χ1n) is 44.7. The van der Waals surface area contributed by atoms with E-state index in [0.717, 1.165) is 66.6 Å². The van der Waals surface area contributed by atoms with Crippen molar-refractivity contribution < 1.29 is 32.7 Å². The summed E-state index contributed by atoms with van der Waals surface area (Å²) in [6.07, 6.45) is 10.0. The number of phenols is 1. The molecule has 674 valence electrons. The van der Waals surface area contributed by atoms with Crippen molar-refractivity contribution in [3.8, 4) is 22.8 Å². The third-order valence-electron chi connectivity index (χ3n) is 26.3. The summed E-state index contributed by atoms with van der Waals surface area (Å²) in [6.45, 7) is 42.6. The van der Waals surface area contributed by atoms with Gasteiger partial charge in [-0.1, -0.05) is 128 Å². The molecule has 0 unspecified atom stereocenters. The van der Waals surface area contributed by atoms with Crippen LogP contribution in [-0.4, -0.2) is 186 Å². The molecule has 0 spiro atoms. The van der Waals surface area contributed by atoms with Gasteiger partial charge < -0.3 is 49.2 Å². The number of H-pyrrole nitrogens is 1. The SMILES string of the molecule is C=CC(=O)N1C[C@H](C)N(c2nc(=O)n(-c3c(F)ccnc3C(C)C)c3c2CCN(c2cc(O)cc4ccccc24)C3)C[C@H]1C.C=CC(=O)N1C[C@H](C)N(c2nc(=O)n(-c3c(F)ccnc3C(C)C)c3c2CCN(c2cccc4cccc(C)c24)C3)C[C@H]1C.C=CC(=O)N1C[C@H](C)N(c2nc(=O)n(-c3c(F)ccnc3C(C)C)c3c2CCN(c2n[nH]c4ccccc24)C3)C[C@H]1C. The maximum atomic E-state index is 15.8. The number of fused-ring (bicyclic) bond motifs is 6. The number of aromatic hydroxyl groups is 1. The van der Waals surface area contributed by atoms with Gasteiger partial charge in [0, 0.05) is 164 Å². The van der Waals surface area contributed by atoms with Crippen molar-refractivity contribution in [2.24, 2.45) is 0 Å². The fourth-order valence-electron chi connectivity index (χ4n) is 19.8. The van der Waals surface area contributed by atoms with E-state index in [4.69, 9.17) is 0 Å². The van der Waals surface area contributed by atoms with Gasteiger partial charge in [-0.3, -0.25) is 48.1 Å². The number of carbonyl (C=O) groups excluding carboxylic acids is 3. The van der Waals surface area contributed by atoms with E-state index >= 15 is 13.2 Å². The van der Waals surface area contributed by atoms with Crippen molar-refractivity contribution in [1.29, 1.82) is 0 Å². The highest BCUT2D eigenvalue weighted by molar-refractivity contribution is 5.98. The number of benzene rings is 5. The summed E-state index contributed by atoms with van der Waals surface area (Å²) in [6, 6.07) is 35.0. The van der Waals surface area contributed by atoms with Gasteiger partial charge in [0.25, 0.3) is 0 Å². The normalized spacial score (nSPS) is 18.7. The Kier molecular flexibility index (Phi) is 25.3. The summed E-state index contributed by atoms with van der Waals surface area (Å²) >= 11 is 0. The zero-order valence-corrected chi connectivity index (χ0v) is 75.9. The van der Waals surface area contributed by atoms with E-state index in [9.17, 15) is 33.9 Å². The molecular formula is C100H111F3N20O7. The molecule has 27 nitrogen and oxygen atoms in total. The van der Waals surface area contributed by atoms with Crippen LogP contribution in [0.25, 0.3) is 49.5 Å². The van der Waals surface area contributed by atoms with Crippen molar-refractivity contribution >= 4 is 84.8 Å². The highest BCUT2D eigenvalue weighted by Crippen LogP contribution is 2.43. The van der Waals surface area contributed by atoms with Crippen LogP contribution in [0.5, 0.6) is 5.75 Å². The average molecular weight is 1760 g/mol. The van der Waals surface area contributed by atoms with Gasteiger partial charge in [-0.25, -0.2) is 27.6 Å². The number of halogens is 3. The van der Waals surface area contributed by atoms with Gasteiger partial charge in [-0.05, 0) is 163 Å². The van der Waals surface area contributed by atoms with Crippen LogP contribution >= 0.6 is 0 Å². The molecule has 30 heteroatoms. The van der Waals surface area contributed by atoms with Crippen LogP contribution in [0, 0.1) is 24.4 Å². The van der Waals surface area contributed by atoms with Crippen LogP contribution in [0.3, 0.4) is 0 Å². The molecule has 3 amide bonds. The summed E-state index contributed by atoms with van der Waals surface area (Å²) < 4.78 is 51.4. The van der Waals surface area contributed by atoms with E-state index < -0.39 is 34.5 Å². The number of pyridine rings is 3. The predicted octanol–water partition coefficient (Wildman–Crippen LogP) is 14.4. The molecule has 13 heterocycles. The van der Waals surface area contributed by atoms with E-state index in [1.54, 1.807) is 21.9 Å². The largest absolute Gasteiger partial charge is 0.508 e. The van der Waals surface area contributed by atoms with Crippen LogP contribution < -0.4 is 46.5 Å². The minimum Gasteiger partial charge on any atom is -0.508 e. The maximum Gasteiger partial charge on any atom is 0.354 e. The topological polar surface area (TPSA) is 273 Å². The number of amides is 3. The Balaban J connectivity index is 0.000000143. The number of rotatable bonds is 15. The zero-order chi connectivity index (χ0) is 92.3. The Labute approximate surface area is 753 Å². The van der Waals surface area contributed by atoms with Crippen molar-refractivity contribution in [2.45, 2.75) is 183 Å². The van der Waals surface area contributed by atoms with Crippen molar-refractivity contribution in [3.63, 3.8) is 0 Å². The number of piperazine rings is 3. The lowest BCUT2D eigenvalue weighted by atomic mass is 9.98. The van der Waals surface area contributed by atoms with Gasteiger partial charge in [0.1, 0.15) is 40.3 Å². The van der Waals surface area contributed by atoms with Gasteiger partial charge in [-0.2, -0.15) is 20.1 Å². The number of anilines is 6. The molecular weight excluding hydrogens is 1650 g/mol. The molecule has 3 saturated heterocycles. The number of aryl methyl sites for hydroxylation is 1. The number of nitrogens with one attached hydrogen (secondary N) is 1. The molecule has 6 aliphatic heterocycles. The zero-order valence-electron chi connectivity index (χ0n) is 75.9. The molecule has 6 aliphatic rings. The molecule has 12 aromatic rings. The van der Waals surface area contributed by atoms with Crippen LogP contribution in [-0.2, 0) is 53.3 Å². The number of hydrogen-bond acceptors (Lipinski definition) is 20. The minimum absolute atomic E-state index is 0.0814. The fourth-order valence-corrected chi connectivity index (χ4v) is 19.8. The lowest BCUT2D eigenvalue weighted by Crippen LogP contribution is -2.58. The first-order valence-corrected chi connectivity index (χ1v) is 44.7. The Hall–Kier alpha value is -13.8. The van der Waals surface area contributed by atoms with E-state index in [0.29, 0.717) is 137 Å². The smallest absolute Gasteiger partial charge is 0.354 e. The Morgan fingerprint density at radius 3 is 1.22 bits per heavy atom. The lowest BCUT2D eigenvalue weighted by Gasteiger charge is -2.45. The molecule has 18 rings (SSSR count). The molecule has 7 aromatic heterocycles. The summed E-state index contributed by atoms with van der Waals surface area (Å²) in [5.74, 6) is 0.424. The van der Waals surface area contributed by atoms with E-state index in [1.807, 2.05) is 137 Å². The first kappa shape index (κ1) is 89.6. The van der Waals surface area contributed by atoms with Crippen LogP contribution in [0.4, 0.5) is 47.8 Å². The summed E-state index contributed by atoms with van der Waals surface area (Å²) in [5, 5.41) is 23.5. The number of carbonyl (C=O) groups is 3. The summed E-state index contributed by atoms with van der Waals surface area (Å²) in [4.78, 5) is 125. The van der Waals surface area contributed by atoms with E-state index in [1.165, 1.54) is 79.7 Å². The molecule has 130 heavy (non-hydrogen) atoms. The molecule has 3 fully saturated rings. The van der Waals surface area contributed by atoms with Crippen molar-refractivity contribution in [1.82, 2.24) is 68.5 Å². The second kappa shape index (κ2) is 36.7. The molecule has 0 bridgehead atoms. The van der Waals surface area contributed by atoms with Crippen molar-refractivity contribution in [2.75, 3.05) is 88.3 Å². The standard InChI is InChI=1S/C35H39FN6O2.C34H37FN6O3.C31H35FN8O2/c1-7-30(43)40-18-24(6)41(19-23(40)5)34-26-15-17-39(28-13-9-12-25-11-8-10-22(4)31(25)28)20-29(26)42(35(44)38-34)33-27(36)14-16-37-32(33)21(2)3;1-6-30(43)39-17-22(5)40(18-21(39)4)33-26-12-14-38(28-16-24(42)15-23-9-7-8-10-25(23)28)19-29(26)41(34(44)37-33)32-27(35)11-13-36-31(32)20(2)3;1-6-26(41)38-15-20(5)39(16-19(38)4)29-22-12-14-37(30-21-9-7-8-10-24(21)35-36-30)17-25(22)40(31(42)34-29)28-23(32)11-13-33-27(28)18(2)3/h7-14,16,21,23-24H,1,15,17-20H2,2-6H3;6-11,13,15-16,20-22,42H,1,12,14,17-19H2,2-5H3;6-11,13,18-20H,1,12,14-17H2,2-5H3,(H,35,36)/t23-,24+;21-,22+;19-,20+/m111/s1. The van der Waals surface area contributed by atoms with Gasteiger partial charge in [-0.15, -0.1) is 0 Å². The number of aromatic amines is 1. The Bertz CT molecular complexity index is 6470. The fraction of sp³-hybridized carbons (Fsp3) is 0.370. The van der Waals surface area contributed by atoms with Gasteiger partial charge in [0.15, 0.2) is 23.3 Å². The highest BCUT2D eigenvalue weighted by atomic mass is 19.1. The monoisotopic (exact) mass is 1760 g/mol. The third-order valence-corrected chi connectivity index (χ3v) is 26.3. The van der Waals surface area contributed by atoms with Gasteiger partial charge >= 0.3 is 17.1 Å². The number of aromatic nitrogens is 11. The van der Waals surface area contributed by atoms with E-state index in [-0.39, 0.29) is 101 Å². The average Bonchev–Trinajstić information content (AvgIpc) is 1.02. The van der Waals surface area contributed by atoms with E-state index in [2.05, 4.69) is 133 Å². The quantitative estimate of drug-likeness (QED) is 0.0903. The lowest BCUT2D eigenvalue weighted by molar-refractivity contribution is -0.129. The second-order valence-corrected chi connectivity index (χ2v) is 35.9. The molecule has 5 aromatic carbocycles. The van der Waals surface area contributed by atoms with Gasteiger partial charge in [0.05, 0.1) is 59.3 Å². The van der Waals surface area contributed by atoms with Crippen LogP contribution in [0.2, 0.25) is 0 Å². The summed E-state index contributed by atoms with van der Waals surface area (Å²) in [5.41, 5.74) is 8.95. The van der Waals surface area contributed by atoms with Crippen molar-refractivity contribution in [3.05, 3.63) is 277 Å². The van der Waals surface area contributed by atoms with Crippen LogP contribution in [0.1, 0.15) is 157 Å². The predicted molar refractivity (Wildman–Crippen MR) is 504 cm³/mol. The second-order valence-electron chi connectivity index (χ2n) is 35.9. The number of nitrogens with zero attached hydrogens (tertiary/aromatic N) is 19.